The van der Waals surface area contributed by atoms with E-state index < -0.39 is 58.3 Å². The Morgan fingerprint density at radius 2 is 0.630 bits per heavy atom. The lowest BCUT2D eigenvalue weighted by atomic mass is 10.0. The molecule has 0 aliphatic heterocycles. The second kappa shape index (κ2) is 18.0. The summed E-state index contributed by atoms with van der Waals surface area (Å²) in [5.41, 5.74) is -4.12. The van der Waals surface area contributed by atoms with E-state index >= 15 is 26.3 Å². The van der Waals surface area contributed by atoms with Gasteiger partial charge in [-0.1, -0.05) is 97.1 Å². The number of hydrogen-bond donors (Lipinski definition) is 0. The molecule has 0 saturated carbocycles. The van der Waals surface area contributed by atoms with Crippen LogP contribution in [0, 0.1) is 13.8 Å². The van der Waals surface area contributed by atoms with Crippen LogP contribution in [0.15, 0.2) is 182 Å². The van der Waals surface area contributed by atoms with Crippen LogP contribution in [-0.4, -0.2) is 28.7 Å². The molecule has 0 unspecified atom stereocenters. The van der Waals surface area contributed by atoms with Crippen molar-refractivity contribution in [1.29, 1.82) is 0 Å². The maximum absolute atomic E-state index is 16.1. The highest BCUT2D eigenvalue weighted by Crippen LogP contribution is 2.48. The molecule has 81 heavy (non-hydrogen) atoms. The van der Waals surface area contributed by atoms with Gasteiger partial charge in [0, 0.05) is 54.7 Å². The van der Waals surface area contributed by atoms with Crippen molar-refractivity contribution in [3.63, 3.8) is 0 Å². The summed E-state index contributed by atoms with van der Waals surface area (Å²) in [6.07, 6.45) is -20.3. The number of rotatable bonds is 6. The first-order chi connectivity index (χ1) is 38.5. The number of halogens is 12. The zero-order valence-electron chi connectivity index (χ0n) is 42.0. The molecule has 18 heteroatoms. The van der Waals surface area contributed by atoms with E-state index in [1.807, 2.05) is 60.7 Å². The monoisotopic (exact) mass is 1100 g/mol. The molecule has 0 spiro atoms. The number of aromatic nitrogens is 6. The van der Waals surface area contributed by atoms with Gasteiger partial charge in [-0.05, 0) is 110 Å². The number of benzene rings is 9. The number of aryl methyl sites for hydroxylation is 2. The largest absolute Gasteiger partial charge is 0.418 e. The summed E-state index contributed by atoms with van der Waals surface area (Å²) in [6.45, 7) is 3.32. The molecule has 0 amide bonds. The van der Waals surface area contributed by atoms with Gasteiger partial charge in [0.05, 0.1) is 66.7 Å². The minimum Gasteiger partial charge on any atom is -0.309 e. The standard InChI is InChI=1S/C63H36F12N6/c1-33-13-21-41-43-23-17-38(60(64,65)66)27-51(43)80(49(41)25-33)55-29-45-46-30-56(81-50-26-34(2)14-22-42(50)44-24-18-39(28-52(44)81)61(67,68)69)48(63(73,74)75)32-54(46)79(53(45)31-47(55)62(70,71)72)40-19-15-37(16-20-40)59-77-57(35-9-5-3-6-10-35)76-58(78-59)36-11-7-4-8-12-36/h3-32H,1-2H3. The van der Waals surface area contributed by atoms with Crippen molar-refractivity contribution < 1.29 is 52.7 Å². The van der Waals surface area contributed by atoms with Crippen molar-refractivity contribution in [2.75, 3.05) is 0 Å². The highest BCUT2D eigenvalue weighted by atomic mass is 19.4. The fraction of sp³-hybridized carbons (Fsp3) is 0.0952. The minimum absolute atomic E-state index is 0.0748. The lowest BCUT2D eigenvalue weighted by Crippen LogP contribution is -2.12. The van der Waals surface area contributed by atoms with Gasteiger partial charge in [0.25, 0.3) is 0 Å². The van der Waals surface area contributed by atoms with Crippen LogP contribution in [0.3, 0.4) is 0 Å². The average Bonchev–Trinajstić information content (AvgIpc) is 4.27. The van der Waals surface area contributed by atoms with Crippen LogP contribution in [0.25, 0.3) is 117 Å². The SMILES string of the molecule is Cc1ccc2c3ccc(C(F)(F)F)cc3n(-c3cc4c5cc(-n6c7cc(C)ccc7c7ccc(C(F)(F)F)cc76)c(C(F)(F)F)cc5n(-c5ccc(-c6nc(-c7ccccc7)nc(-c7ccccc7)n6)cc5)c4cc3C(F)(F)F)c2c1. The van der Waals surface area contributed by atoms with Gasteiger partial charge in [0.15, 0.2) is 17.5 Å². The molecule has 0 atom stereocenters. The highest BCUT2D eigenvalue weighted by Gasteiger charge is 2.40. The zero-order chi connectivity index (χ0) is 56.7. The number of hydrogen-bond acceptors (Lipinski definition) is 3. The predicted octanol–water partition coefficient (Wildman–Crippen LogP) is 18.9. The van der Waals surface area contributed by atoms with Gasteiger partial charge in [-0.15, -0.1) is 0 Å². The van der Waals surface area contributed by atoms with Crippen LogP contribution in [0.5, 0.6) is 0 Å². The maximum atomic E-state index is 16.1. The summed E-state index contributed by atoms with van der Waals surface area (Å²) < 4.78 is 187. The molecule has 4 aromatic heterocycles. The summed E-state index contributed by atoms with van der Waals surface area (Å²) in [5.74, 6) is 0.825. The Morgan fingerprint density at radius 1 is 0.296 bits per heavy atom. The molecule has 0 aliphatic carbocycles. The zero-order valence-corrected chi connectivity index (χ0v) is 42.0. The Labute approximate surface area is 450 Å². The molecular weight excluding hydrogens is 1070 g/mol. The molecule has 0 radical (unpaired) electrons. The van der Waals surface area contributed by atoms with E-state index in [1.165, 1.54) is 41.0 Å². The van der Waals surface area contributed by atoms with Crippen LogP contribution in [-0.2, 0) is 24.7 Å². The summed E-state index contributed by atoms with van der Waals surface area (Å²) in [6, 6.07) is 43.0. The first kappa shape index (κ1) is 51.0. The van der Waals surface area contributed by atoms with Gasteiger partial charge in [-0.3, -0.25) is 0 Å². The third kappa shape index (κ3) is 8.58. The van der Waals surface area contributed by atoms with Crippen molar-refractivity contribution in [2.24, 2.45) is 0 Å². The molecule has 0 saturated heterocycles. The Hall–Kier alpha value is -9.45. The van der Waals surface area contributed by atoms with E-state index in [2.05, 4.69) is 0 Å². The third-order valence-corrected chi connectivity index (χ3v) is 14.7. The maximum Gasteiger partial charge on any atom is 0.418 e. The highest BCUT2D eigenvalue weighted by molar-refractivity contribution is 6.15. The van der Waals surface area contributed by atoms with Gasteiger partial charge >= 0.3 is 24.7 Å². The van der Waals surface area contributed by atoms with Crippen LogP contribution in [0.1, 0.15) is 33.4 Å². The normalized spacial score (nSPS) is 12.8. The van der Waals surface area contributed by atoms with Crippen LogP contribution in [0.4, 0.5) is 52.7 Å². The van der Waals surface area contributed by atoms with Crippen molar-refractivity contribution in [3.05, 3.63) is 215 Å². The lowest BCUT2D eigenvalue weighted by Gasteiger charge is -2.18. The second-order valence-corrected chi connectivity index (χ2v) is 19.9. The topological polar surface area (TPSA) is 53.5 Å². The lowest BCUT2D eigenvalue weighted by molar-refractivity contribution is -0.138. The Bertz CT molecular complexity index is 4430. The summed E-state index contributed by atoms with van der Waals surface area (Å²) >= 11 is 0. The molecule has 0 bridgehead atoms. The van der Waals surface area contributed by atoms with Crippen molar-refractivity contribution in [2.45, 2.75) is 38.6 Å². The average molecular weight is 1100 g/mol. The van der Waals surface area contributed by atoms with Crippen LogP contribution < -0.4 is 0 Å². The molecule has 6 nitrogen and oxygen atoms in total. The van der Waals surface area contributed by atoms with E-state index in [0.717, 1.165) is 57.7 Å². The molecule has 13 rings (SSSR count). The van der Waals surface area contributed by atoms with E-state index in [-0.39, 0.29) is 66.2 Å². The van der Waals surface area contributed by atoms with E-state index in [9.17, 15) is 26.3 Å². The first-order valence-electron chi connectivity index (χ1n) is 25.0. The smallest absolute Gasteiger partial charge is 0.309 e. The number of nitrogens with zero attached hydrogens (tertiary/aromatic N) is 6. The van der Waals surface area contributed by atoms with Gasteiger partial charge in [-0.2, -0.15) is 52.7 Å². The van der Waals surface area contributed by atoms with Gasteiger partial charge in [-0.25, -0.2) is 15.0 Å². The van der Waals surface area contributed by atoms with Gasteiger partial charge in [0.2, 0.25) is 0 Å². The molecule has 13 aromatic rings. The predicted molar refractivity (Wildman–Crippen MR) is 289 cm³/mol. The fourth-order valence-electron chi connectivity index (χ4n) is 11.0. The molecular formula is C63H36F12N6. The molecule has 0 aliphatic rings. The van der Waals surface area contributed by atoms with Crippen molar-refractivity contribution >= 4 is 65.4 Å². The second-order valence-electron chi connectivity index (χ2n) is 19.9. The Balaban J connectivity index is 1.14. The summed E-state index contributed by atoms with van der Waals surface area (Å²) in [5, 5.41) is 0.870. The molecule has 0 N–H and O–H groups in total. The summed E-state index contributed by atoms with van der Waals surface area (Å²) in [4.78, 5) is 14.3. The van der Waals surface area contributed by atoms with Gasteiger partial charge < -0.3 is 13.7 Å². The van der Waals surface area contributed by atoms with E-state index in [1.54, 1.807) is 50.2 Å². The van der Waals surface area contributed by atoms with Crippen LogP contribution >= 0.6 is 0 Å². The van der Waals surface area contributed by atoms with Crippen molar-refractivity contribution in [3.8, 4) is 51.2 Å². The van der Waals surface area contributed by atoms with Crippen molar-refractivity contribution in [1.82, 2.24) is 28.7 Å². The Morgan fingerprint density at radius 3 is 0.988 bits per heavy atom. The molecule has 9 aromatic carbocycles. The quantitative estimate of drug-likeness (QED) is 0.156. The minimum atomic E-state index is -5.24. The molecule has 402 valence electrons. The van der Waals surface area contributed by atoms with Crippen LogP contribution in [0.2, 0.25) is 0 Å². The van der Waals surface area contributed by atoms with Gasteiger partial charge in [0.1, 0.15) is 0 Å². The number of alkyl halides is 12. The summed E-state index contributed by atoms with van der Waals surface area (Å²) in [7, 11) is 0. The van der Waals surface area contributed by atoms with E-state index in [4.69, 9.17) is 15.0 Å². The first-order valence-corrected chi connectivity index (χ1v) is 25.0. The van der Waals surface area contributed by atoms with E-state index in [0.29, 0.717) is 50.2 Å². The number of fused-ring (bicyclic) bond motifs is 9. The molecule has 4 heterocycles. The Kier molecular flexibility index (Phi) is 11.4. The fourth-order valence-corrected chi connectivity index (χ4v) is 11.0. The third-order valence-electron chi connectivity index (χ3n) is 14.7. The molecule has 0 fully saturated rings.